The van der Waals surface area contributed by atoms with Crippen LogP contribution in [0.1, 0.15) is 25.7 Å². The smallest absolute Gasteiger partial charge is 0.222 e. The van der Waals surface area contributed by atoms with Crippen molar-refractivity contribution in [2.24, 2.45) is 0 Å². The van der Waals surface area contributed by atoms with E-state index in [1.165, 1.54) is 0 Å². The van der Waals surface area contributed by atoms with Gasteiger partial charge < -0.3 is 14.9 Å². The van der Waals surface area contributed by atoms with E-state index in [1.54, 1.807) is 9.80 Å². The van der Waals surface area contributed by atoms with Crippen LogP contribution in [-0.4, -0.2) is 60.0 Å². The molecule has 0 aromatic rings. The van der Waals surface area contributed by atoms with E-state index in [2.05, 4.69) is 0 Å². The Balaban J connectivity index is 0.000000165. The van der Waals surface area contributed by atoms with Crippen LogP contribution in [0.3, 0.4) is 0 Å². The van der Waals surface area contributed by atoms with Crippen LogP contribution in [-0.2, 0) is 9.59 Å². The summed E-state index contributed by atoms with van der Waals surface area (Å²) >= 11 is 0. The molecule has 0 aromatic carbocycles. The third-order valence-electron chi connectivity index (χ3n) is 2.85. The average Bonchev–Trinajstić information content (AvgIpc) is 2.81. The maximum absolute atomic E-state index is 10.8. The fourth-order valence-electron chi connectivity index (χ4n) is 1.84. The predicted molar refractivity (Wildman–Crippen MR) is 59.8 cm³/mol. The molecule has 2 aliphatic rings. The minimum Gasteiger partial charge on any atom is -0.395 e. The first-order chi connectivity index (χ1) is 7.65. The number of aliphatic hydroxyl groups excluding tert-OH is 1. The lowest BCUT2D eigenvalue weighted by Crippen LogP contribution is -2.27. The van der Waals surface area contributed by atoms with Gasteiger partial charge in [0.15, 0.2) is 0 Å². The quantitative estimate of drug-likeness (QED) is 0.714. The van der Waals surface area contributed by atoms with Crippen LogP contribution in [0.25, 0.3) is 0 Å². The van der Waals surface area contributed by atoms with Crippen molar-refractivity contribution in [2.75, 3.05) is 33.3 Å². The SMILES string of the molecule is CN1CCCC1=O.O=C1CCCN1CCO. The van der Waals surface area contributed by atoms with Gasteiger partial charge in [-0.1, -0.05) is 0 Å². The van der Waals surface area contributed by atoms with Gasteiger partial charge in [-0.25, -0.2) is 0 Å². The number of amides is 2. The number of carbonyl (C=O) groups is 2. The highest BCUT2D eigenvalue weighted by Gasteiger charge is 2.18. The molecule has 0 saturated carbocycles. The second-order valence-corrected chi connectivity index (χ2v) is 4.13. The van der Waals surface area contributed by atoms with E-state index in [0.29, 0.717) is 18.9 Å². The minimum absolute atomic E-state index is 0.0890. The molecular formula is C11H20N2O3. The van der Waals surface area contributed by atoms with Crippen LogP contribution in [0.2, 0.25) is 0 Å². The summed E-state index contributed by atoms with van der Waals surface area (Å²) < 4.78 is 0. The average molecular weight is 228 g/mol. The standard InChI is InChI=1S/C6H11NO2.C5H9NO/c8-5-4-7-3-1-2-6(7)9;1-6-4-2-3-5(6)7/h8H,1-5H2;2-4H2,1H3. The van der Waals surface area contributed by atoms with E-state index in [9.17, 15) is 9.59 Å². The van der Waals surface area contributed by atoms with Crippen LogP contribution in [0.4, 0.5) is 0 Å². The normalized spacial score (nSPS) is 20.1. The first kappa shape index (κ1) is 13.0. The molecule has 0 bridgehead atoms. The summed E-state index contributed by atoms with van der Waals surface area (Å²) in [5.74, 6) is 0.476. The van der Waals surface area contributed by atoms with Crippen LogP contribution in [0.15, 0.2) is 0 Å². The number of nitrogens with zero attached hydrogens (tertiary/aromatic N) is 2. The van der Waals surface area contributed by atoms with Crippen molar-refractivity contribution < 1.29 is 14.7 Å². The lowest BCUT2D eigenvalue weighted by atomic mass is 10.4. The Morgan fingerprint density at radius 1 is 1.12 bits per heavy atom. The molecule has 2 rings (SSSR count). The fourth-order valence-corrected chi connectivity index (χ4v) is 1.84. The molecule has 92 valence electrons. The van der Waals surface area contributed by atoms with Crippen LogP contribution in [0.5, 0.6) is 0 Å². The largest absolute Gasteiger partial charge is 0.395 e. The summed E-state index contributed by atoms with van der Waals surface area (Å²) in [7, 11) is 1.84. The molecule has 0 unspecified atom stereocenters. The van der Waals surface area contributed by atoms with Crippen molar-refractivity contribution in [1.29, 1.82) is 0 Å². The lowest BCUT2D eigenvalue weighted by molar-refractivity contribution is -0.128. The van der Waals surface area contributed by atoms with Gasteiger partial charge in [0, 0.05) is 39.5 Å². The van der Waals surface area contributed by atoms with Gasteiger partial charge >= 0.3 is 0 Å². The number of carbonyl (C=O) groups excluding carboxylic acids is 2. The third-order valence-corrected chi connectivity index (χ3v) is 2.85. The summed E-state index contributed by atoms with van der Waals surface area (Å²) in [6.07, 6.45) is 3.44. The summed E-state index contributed by atoms with van der Waals surface area (Å²) in [6.45, 7) is 2.39. The van der Waals surface area contributed by atoms with E-state index < -0.39 is 0 Å². The van der Waals surface area contributed by atoms with E-state index in [-0.39, 0.29) is 12.5 Å². The van der Waals surface area contributed by atoms with Gasteiger partial charge in [-0.05, 0) is 12.8 Å². The zero-order valence-corrected chi connectivity index (χ0v) is 9.81. The van der Waals surface area contributed by atoms with Crippen molar-refractivity contribution in [3.8, 4) is 0 Å². The molecule has 0 aromatic heterocycles. The van der Waals surface area contributed by atoms with Gasteiger partial charge in [0.2, 0.25) is 11.8 Å². The first-order valence-electron chi connectivity index (χ1n) is 5.77. The highest BCUT2D eigenvalue weighted by Crippen LogP contribution is 2.07. The van der Waals surface area contributed by atoms with E-state index in [4.69, 9.17) is 5.11 Å². The monoisotopic (exact) mass is 228 g/mol. The van der Waals surface area contributed by atoms with Gasteiger partial charge in [0.05, 0.1) is 6.61 Å². The van der Waals surface area contributed by atoms with Crippen molar-refractivity contribution >= 4 is 11.8 Å². The van der Waals surface area contributed by atoms with Crippen molar-refractivity contribution in [1.82, 2.24) is 9.80 Å². The highest BCUT2D eigenvalue weighted by atomic mass is 16.3. The zero-order chi connectivity index (χ0) is 12.0. The first-order valence-corrected chi connectivity index (χ1v) is 5.77. The Kier molecular flexibility index (Phi) is 5.25. The molecule has 5 heteroatoms. The number of likely N-dealkylation sites (tertiary alicyclic amines) is 2. The van der Waals surface area contributed by atoms with Gasteiger partial charge in [-0.2, -0.15) is 0 Å². The fraction of sp³-hybridized carbons (Fsp3) is 0.818. The summed E-state index contributed by atoms with van der Waals surface area (Å²) in [5, 5.41) is 8.45. The minimum atomic E-state index is 0.0890. The predicted octanol–water partition coefficient (Wildman–Crippen LogP) is -0.160. The summed E-state index contributed by atoms with van der Waals surface area (Å²) in [5.41, 5.74) is 0. The van der Waals surface area contributed by atoms with Gasteiger partial charge in [0.1, 0.15) is 0 Å². The Hall–Kier alpha value is -1.10. The van der Waals surface area contributed by atoms with Crippen LogP contribution < -0.4 is 0 Å². The third kappa shape index (κ3) is 3.81. The van der Waals surface area contributed by atoms with Gasteiger partial charge in [0.25, 0.3) is 0 Å². The molecule has 0 atom stereocenters. The van der Waals surface area contributed by atoms with Gasteiger partial charge in [-0.3, -0.25) is 9.59 Å². The van der Waals surface area contributed by atoms with Crippen molar-refractivity contribution in [3.05, 3.63) is 0 Å². The molecule has 0 aliphatic carbocycles. The molecule has 2 heterocycles. The molecule has 2 aliphatic heterocycles. The maximum Gasteiger partial charge on any atom is 0.222 e. The van der Waals surface area contributed by atoms with E-state index >= 15 is 0 Å². The Bertz CT molecular complexity index is 256. The zero-order valence-electron chi connectivity index (χ0n) is 9.81. The molecular weight excluding hydrogens is 208 g/mol. The molecule has 0 radical (unpaired) electrons. The molecule has 2 fully saturated rings. The van der Waals surface area contributed by atoms with Crippen LogP contribution in [0, 0.1) is 0 Å². The lowest BCUT2D eigenvalue weighted by Gasteiger charge is -2.11. The maximum atomic E-state index is 10.8. The molecule has 1 N–H and O–H groups in total. The Morgan fingerprint density at radius 3 is 2.06 bits per heavy atom. The number of hydrogen-bond donors (Lipinski definition) is 1. The molecule has 2 saturated heterocycles. The second-order valence-electron chi connectivity index (χ2n) is 4.13. The van der Waals surface area contributed by atoms with Gasteiger partial charge in [-0.15, -0.1) is 0 Å². The van der Waals surface area contributed by atoms with Crippen molar-refractivity contribution in [2.45, 2.75) is 25.7 Å². The number of β-amino-alcohol motifs (C(OH)–C–C–N with tert-alkyl or cyclic N) is 1. The molecule has 2 amide bonds. The molecule has 0 spiro atoms. The van der Waals surface area contributed by atoms with Crippen molar-refractivity contribution in [3.63, 3.8) is 0 Å². The molecule has 16 heavy (non-hydrogen) atoms. The summed E-state index contributed by atoms with van der Waals surface area (Å²) in [6, 6.07) is 0. The number of rotatable bonds is 2. The Labute approximate surface area is 96.0 Å². The van der Waals surface area contributed by atoms with E-state index in [1.807, 2.05) is 7.05 Å². The van der Waals surface area contributed by atoms with E-state index in [0.717, 1.165) is 32.4 Å². The van der Waals surface area contributed by atoms with Crippen LogP contribution >= 0.6 is 0 Å². The topological polar surface area (TPSA) is 60.9 Å². The molecule has 5 nitrogen and oxygen atoms in total. The number of aliphatic hydroxyl groups is 1. The highest BCUT2D eigenvalue weighted by molar-refractivity contribution is 5.78. The number of hydrogen-bond acceptors (Lipinski definition) is 3. The second kappa shape index (κ2) is 6.48. The summed E-state index contributed by atoms with van der Waals surface area (Å²) in [4.78, 5) is 24.7. The Morgan fingerprint density at radius 2 is 1.75 bits per heavy atom.